The first-order valence-corrected chi connectivity index (χ1v) is 11.2. The molecular formula is C27H29N4O4+. The molecule has 0 radical (unpaired) electrons. The Labute approximate surface area is 204 Å². The summed E-state index contributed by atoms with van der Waals surface area (Å²) in [5, 5.41) is 2.91. The van der Waals surface area contributed by atoms with E-state index in [9.17, 15) is 9.59 Å². The number of amides is 2. The van der Waals surface area contributed by atoms with Crippen LogP contribution in [0.4, 0.5) is 5.69 Å². The number of hydrazine groups is 1. The third kappa shape index (κ3) is 5.27. The van der Waals surface area contributed by atoms with E-state index in [1.54, 1.807) is 43.2 Å². The van der Waals surface area contributed by atoms with Crippen molar-refractivity contribution < 1.29 is 23.7 Å². The van der Waals surface area contributed by atoms with Gasteiger partial charge in [-0.25, -0.2) is 0 Å². The molecular weight excluding hydrogens is 444 g/mol. The van der Waals surface area contributed by atoms with Crippen LogP contribution in [-0.4, -0.2) is 57.1 Å². The summed E-state index contributed by atoms with van der Waals surface area (Å²) in [5.41, 5.74) is 6.18. The van der Waals surface area contributed by atoms with Gasteiger partial charge in [0.15, 0.2) is 6.04 Å². The second-order valence-corrected chi connectivity index (χ2v) is 8.40. The third-order valence-corrected chi connectivity index (χ3v) is 5.93. The van der Waals surface area contributed by atoms with Gasteiger partial charge in [-0.05, 0) is 72.8 Å². The molecule has 1 aliphatic rings. The fourth-order valence-corrected chi connectivity index (χ4v) is 3.97. The third-order valence-electron chi connectivity index (χ3n) is 5.93. The lowest BCUT2D eigenvalue weighted by molar-refractivity contribution is -0.596. The van der Waals surface area contributed by atoms with E-state index in [0.717, 1.165) is 16.8 Å². The van der Waals surface area contributed by atoms with E-state index < -0.39 is 12.1 Å². The molecule has 0 saturated carbocycles. The second kappa shape index (κ2) is 10.3. The van der Waals surface area contributed by atoms with Gasteiger partial charge in [0.05, 0.1) is 14.2 Å². The summed E-state index contributed by atoms with van der Waals surface area (Å²) in [5.74, 6) is 0.717. The van der Waals surface area contributed by atoms with E-state index in [4.69, 9.17) is 9.47 Å². The molecule has 0 unspecified atom stereocenters. The number of anilines is 1. The molecule has 2 atom stereocenters. The highest BCUT2D eigenvalue weighted by Crippen LogP contribution is 2.27. The molecule has 1 saturated heterocycles. The van der Waals surface area contributed by atoms with Gasteiger partial charge in [-0.15, -0.1) is 10.1 Å². The number of ether oxygens (including phenoxy) is 2. The van der Waals surface area contributed by atoms with Gasteiger partial charge in [0.2, 0.25) is 12.3 Å². The average molecular weight is 474 g/mol. The molecule has 35 heavy (non-hydrogen) atoms. The Balaban J connectivity index is 1.67. The van der Waals surface area contributed by atoms with Gasteiger partial charge in [0.25, 0.3) is 5.91 Å². The van der Waals surface area contributed by atoms with Crippen molar-refractivity contribution in [3.8, 4) is 11.5 Å². The molecule has 1 aliphatic heterocycles. The van der Waals surface area contributed by atoms with Gasteiger partial charge < -0.3 is 19.7 Å². The number of hydrogen-bond acceptors (Lipinski definition) is 5. The molecule has 8 heteroatoms. The van der Waals surface area contributed by atoms with Crippen molar-refractivity contribution in [2.75, 3.05) is 33.2 Å². The van der Waals surface area contributed by atoms with E-state index in [2.05, 4.69) is 10.7 Å². The van der Waals surface area contributed by atoms with Crippen LogP contribution in [0.5, 0.6) is 11.5 Å². The number of carbonyl (C=O) groups excluding carboxylic acids is 2. The van der Waals surface area contributed by atoms with Crippen LogP contribution in [0.2, 0.25) is 0 Å². The molecule has 0 aromatic heterocycles. The zero-order valence-electron chi connectivity index (χ0n) is 20.2. The van der Waals surface area contributed by atoms with Crippen LogP contribution in [0.25, 0.3) is 0 Å². The number of hydrogen-bond donors (Lipinski definition) is 2. The number of nitrogens with zero attached hydrogens (tertiary/aromatic N) is 2. The molecule has 3 aromatic carbocycles. The predicted molar refractivity (Wildman–Crippen MR) is 134 cm³/mol. The van der Waals surface area contributed by atoms with Crippen LogP contribution in [0, 0.1) is 0 Å². The van der Waals surface area contributed by atoms with Crippen LogP contribution >= 0.6 is 0 Å². The SMILES string of the molecule is COc1ccc(C(=O)N[C@@H]2C(=O)N/[N+](=C\c3ccc(N(C)C)cc3)[C@H]2c2ccc(OC)cc2)cc1. The van der Waals surface area contributed by atoms with Gasteiger partial charge in [0, 0.05) is 36.5 Å². The van der Waals surface area contributed by atoms with Crippen LogP contribution < -0.4 is 25.1 Å². The van der Waals surface area contributed by atoms with E-state index in [1.807, 2.05) is 73.7 Å². The van der Waals surface area contributed by atoms with Crippen molar-refractivity contribution in [2.24, 2.45) is 0 Å². The predicted octanol–water partition coefficient (Wildman–Crippen LogP) is 2.79. The van der Waals surface area contributed by atoms with Gasteiger partial charge in [-0.3, -0.25) is 9.59 Å². The Hall–Kier alpha value is -4.33. The van der Waals surface area contributed by atoms with Crippen molar-refractivity contribution in [1.82, 2.24) is 10.7 Å². The highest BCUT2D eigenvalue weighted by Gasteiger charge is 2.47. The van der Waals surface area contributed by atoms with Crippen molar-refractivity contribution in [3.63, 3.8) is 0 Å². The Morgan fingerprint density at radius 1 is 0.914 bits per heavy atom. The van der Waals surface area contributed by atoms with E-state index >= 15 is 0 Å². The van der Waals surface area contributed by atoms with Gasteiger partial charge >= 0.3 is 5.91 Å². The minimum absolute atomic E-state index is 0.297. The Kier molecular flexibility index (Phi) is 7.01. The molecule has 8 nitrogen and oxygen atoms in total. The Morgan fingerprint density at radius 2 is 1.49 bits per heavy atom. The summed E-state index contributed by atoms with van der Waals surface area (Å²) in [6.45, 7) is 0. The van der Waals surface area contributed by atoms with Crippen molar-refractivity contribution in [2.45, 2.75) is 12.1 Å². The monoisotopic (exact) mass is 473 g/mol. The van der Waals surface area contributed by atoms with Crippen LogP contribution in [0.3, 0.4) is 0 Å². The summed E-state index contributed by atoms with van der Waals surface area (Å²) in [6.07, 6.45) is 1.87. The minimum atomic E-state index is -0.810. The summed E-state index contributed by atoms with van der Waals surface area (Å²) in [4.78, 5) is 28.1. The molecule has 1 fully saturated rings. The van der Waals surface area contributed by atoms with Crippen LogP contribution in [0.15, 0.2) is 72.8 Å². The topological polar surface area (TPSA) is 82.9 Å². The Morgan fingerprint density at radius 3 is 2.03 bits per heavy atom. The van der Waals surface area contributed by atoms with Crippen molar-refractivity contribution >= 4 is 23.7 Å². The number of methoxy groups -OCH3 is 2. The minimum Gasteiger partial charge on any atom is -0.497 e. The first-order chi connectivity index (χ1) is 16.9. The highest BCUT2D eigenvalue weighted by atomic mass is 16.5. The number of rotatable bonds is 7. The first kappa shape index (κ1) is 23.8. The van der Waals surface area contributed by atoms with Crippen LogP contribution in [-0.2, 0) is 4.79 Å². The summed E-state index contributed by atoms with van der Waals surface area (Å²) in [6, 6.07) is 20.9. The molecule has 2 amide bonds. The summed E-state index contributed by atoms with van der Waals surface area (Å²) >= 11 is 0. The number of benzene rings is 3. The maximum atomic E-state index is 13.1. The molecule has 3 aromatic rings. The average Bonchev–Trinajstić information content (AvgIpc) is 3.18. The van der Waals surface area contributed by atoms with E-state index in [0.29, 0.717) is 17.1 Å². The van der Waals surface area contributed by atoms with Crippen LogP contribution in [0.1, 0.15) is 27.5 Å². The quantitative estimate of drug-likeness (QED) is 0.516. The molecule has 0 spiro atoms. The largest absolute Gasteiger partial charge is 0.497 e. The number of hydrazone groups is 1. The lowest BCUT2D eigenvalue weighted by Gasteiger charge is -2.15. The zero-order valence-corrected chi connectivity index (χ0v) is 20.2. The van der Waals surface area contributed by atoms with Gasteiger partial charge in [0.1, 0.15) is 11.5 Å². The molecule has 180 valence electrons. The maximum Gasteiger partial charge on any atom is 0.304 e. The number of nitrogens with one attached hydrogen (secondary N) is 2. The summed E-state index contributed by atoms with van der Waals surface area (Å²) in [7, 11) is 7.13. The van der Waals surface area contributed by atoms with Crippen molar-refractivity contribution in [3.05, 3.63) is 89.5 Å². The maximum absolute atomic E-state index is 13.1. The molecule has 0 aliphatic carbocycles. The number of carbonyl (C=O) groups is 2. The standard InChI is InChI=1S/C27H28N4O4/c1-30(2)21-11-5-18(6-12-21)17-31-25(19-7-13-22(34-3)14-8-19)24(27(33)29-31)28-26(32)20-9-15-23(35-4)16-10-20/h5-17,24-25H,1-4H3,(H-,28,29,32,33)/p+1/t24-,25-/m0/s1. The Bertz CT molecular complexity index is 1220. The van der Waals surface area contributed by atoms with E-state index in [-0.39, 0.29) is 11.8 Å². The first-order valence-electron chi connectivity index (χ1n) is 11.2. The smallest absolute Gasteiger partial charge is 0.304 e. The molecule has 4 rings (SSSR count). The molecule has 0 bridgehead atoms. The highest BCUT2D eigenvalue weighted by molar-refractivity contribution is 5.98. The fourth-order valence-electron chi connectivity index (χ4n) is 3.97. The fraction of sp³-hybridized carbons (Fsp3) is 0.222. The lowest BCUT2D eigenvalue weighted by atomic mass is 9.99. The zero-order chi connectivity index (χ0) is 24.9. The second-order valence-electron chi connectivity index (χ2n) is 8.40. The van der Waals surface area contributed by atoms with Gasteiger partial charge in [-0.2, -0.15) is 0 Å². The molecule has 1 heterocycles. The normalized spacial score (nSPS) is 18.2. The lowest BCUT2D eigenvalue weighted by Crippen LogP contribution is -2.42. The summed E-state index contributed by atoms with van der Waals surface area (Å²) < 4.78 is 12.2. The van der Waals surface area contributed by atoms with E-state index in [1.165, 1.54) is 0 Å². The molecule has 2 N–H and O–H groups in total. The van der Waals surface area contributed by atoms with Gasteiger partial charge in [-0.1, -0.05) is 0 Å². The van der Waals surface area contributed by atoms with Crippen molar-refractivity contribution in [1.29, 1.82) is 0 Å².